The molecule has 0 atom stereocenters. The van der Waals surface area contributed by atoms with E-state index >= 15 is 0 Å². The van der Waals surface area contributed by atoms with Gasteiger partial charge in [-0.25, -0.2) is 8.42 Å². The van der Waals surface area contributed by atoms with Gasteiger partial charge in [0, 0.05) is 12.0 Å². The van der Waals surface area contributed by atoms with E-state index < -0.39 is 9.84 Å². The molecule has 0 spiro atoms. The van der Waals surface area contributed by atoms with Gasteiger partial charge in [0.2, 0.25) is 0 Å². The maximum absolute atomic E-state index is 10.5. The number of rotatable bonds is 4. The lowest BCUT2D eigenvalue weighted by Gasteiger charge is -1.94. The van der Waals surface area contributed by atoms with Crippen LogP contribution in [-0.2, 0) is 9.84 Å². The number of thioether (sulfide) groups is 1. The summed E-state index contributed by atoms with van der Waals surface area (Å²) in [5.41, 5.74) is 0. The molecule has 0 saturated carbocycles. The van der Waals surface area contributed by atoms with Crippen LogP contribution < -0.4 is 0 Å². The molecule has 0 aliphatic carbocycles. The summed E-state index contributed by atoms with van der Waals surface area (Å²) in [5, 5.41) is 0. The monoisotopic (exact) mass is 168 g/mol. The van der Waals surface area contributed by atoms with Crippen molar-refractivity contribution in [2.75, 3.05) is 23.5 Å². The summed E-state index contributed by atoms with van der Waals surface area (Å²) in [6.07, 6.45) is 1.27. The minimum atomic E-state index is -2.72. The average molecular weight is 168 g/mol. The lowest BCUT2D eigenvalue weighted by Crippen LogP contribution is -2.04. The molecule has 9 heavy (non-hydrogen) atoms. The average Bonchev–Trinajstić information content (AvgIpc) is 1.63. The van der Waals surface area contributed by atoms with Gasteiger partial charge < -0.3 is 0 Å². The van der Waals surface area contributed by atoms with Gasteiger partial charge in [0.1, 0.15) is 9.84 Å². The summed E-state index contributed by atoms with van der Waals surface area (Å²) in [6.45, 7) is 2.02. The van der Waals surface area contributed by atoms with Gasteiger partial charge >= 0.3 is 0 Å². The molecule has 0 heterocycles. The molecule has 0 aromatic heterocycles. The normalized spacial score (nSPS) is 11.8. The van der Waals surface area contributed by atoms with Crippen molar-refractivity contribution in [1.29, 1.82) is 0 Å². The van der Waals surface area contributed by atoms with Crippen LogP contribution in [0.4, 0.5) is 0 Å². The van der Waals surface area contributed by atoms with Crippen LogP contribution in [0.5, 0.6) is 0 Å². The zero-order valence-electron chi connectivity index (χ0n) is 5.75. The third-order valence-corrected chi connectivity index (χ3v) is 2.91. The molecule has 0 aromatic rings. The molecule has 0 bridgehead atoms. The van der Waals surface area contributed by atoms with Gasteiger partial charge in [0.15, 0.2) is 0 Å². The summed E-state index contributed by atoms with van der Waals surface area (Å²) in [5.74, 6) is 2.04. The Morgan fingerprint density at radius 2 is 2.00 bits per heavy atom. The number of hydrogen-bond donors (Lipinski definition) is 0. The minimum Gasteiger partial charge on any atom is -0.229 e. The smallest absolute Gasteiger partial charge is 0.148 e. The first-order chi connectivity index (χ1) is 4.06. The highest BCUT2D eigenvalue weighted by atomic mass is 32.2. The highest BCUT2D eigenvalue weighted by Gasteiger charge is 1.99. The third kappa shape index (κ3) is 8.30. The molecule has 0 aliphatic heterocycles. The van der Waals surface area contributed by atoms with Crippen LogP contribution in [0.15, 0.2) is 0 Å². The van der Waals surface area contributed by atoms with Gasteiger partial charge in [-0.2, -0.15) is 11.8 Å². The molecule has 0 saturated heterocycles. The van der Waals surface area contributed by atoms with E-state index in [-0.39, 0.29) is 0 Å². The van der Waals surface area contributed by atoms with E-state index in [1.54, 1.807) is 11.8 Å². The Bertz CT molecular complexity index is 148. The molecule has 0 radical (unpaired) electrons. The second kappa shape index (κ2) is 4.17. The summed E-state index contributed by atoms with van der Waals surface area (Å²) < 4.78 is 21.0. The van der Waals surface area contributed by atoms with Crippen LogP contribution in [0, 0.1) is 0 Å². The van der Waals surface area contributed by atoms with Crippen LogP contribution in [0.25, 0.3) is 0 Å². The van der Waals surface area contributed by atoms with Crippen LogP contribution in [-0.4, -0.2) is 31.9 Å². The molecule has 0 aromatic carbocycles. The van der Waals surface area contributed by atoms with E-state index in [1.807, 2.05) is 6.92 Å². The molecule has 0 aliphatic rings. The molecule has 0 unspecified atom stereocenters. The van der Waals surface area contributed by atoms with Crippen molar-refractivity contribution in [2.45, 2.75) is 6.92 Å². The molecule has 4 heteroatoms. The molecule has 56 valence electrons. The van der Waals surface area contributed by atoms with E-state index in [0.717, 1.165) is 11.5 Å². The van der Waals surface area contributed by atoms with Crippen molar-refractivity contribution < 1.29 is 8.42 Å². The van der Waals surface area contributed by atoms with E-state index in [1.165, 1.54) is 6.26 Å². The van der Waals surface area contributed by atoms with Crippen molar-refractivity contribution in [3.8, 4) is 0 Å². The Labute approximate surface area is 60.9 Å². The van der Waals surface area contributed by atoms with Crippen molar-refractivity contribution in [3.63, 3.8) is 0 Å². The van der Waals surface area contributed by atoms with E-state index in [2.05, 4.69) is 0 Å². The summed E-state index contributed by atoms with van der Waals surface area (Å²) >= 11 is 1.66. The zero-order valence-corrected chi connectivity index (χ0v) is 7.39. The lowest BCUT2D eigenvalue weighted by molar-refractivity contribution is 0.603. The molecule has 0 N–H and O–H groups in total. The van der Waals surface area contributed by atoms with Crippen LogP contribution in [0.3, 0.4) is 0 Å². The second-order valence-corrected chi connectivity index (χ2v) is 5.48. The van der Waals surface area contributed by atoms with Crippen LogP contribution in [0.2, 0.25) is 0 Å². The van der Waals surface area contributed by atoms with Crippen LogP contribution in [0.1, 0.15) is 6.92 Å². The van der Waals surface area contributed by atoms with E-state index in [9.17, 15) is 8.42 Å². The quantitative estimate of drug-likeness (QED) is 0.582. The summed E-state index contributed by atoms with van der Waals surface area (Å²) in [4.78, 5) is 0. The van der Waals surface area contributed by atoms with Crippen LogP contribution >= 0.6 is 11.8 Å². The Morgan fingerprint density at radius 3 is 2.33 bits per heavy atom. The number of sulfone groups is 1. The van der Waals surface area contributed by atoms with Crippen molar-refractivity contribution >= 4 is 21.6 Å². The van der Waals surface area contributed by atoms with Gasteiger partial charge in [-0.3, -0.25) is 0 Å². The highest BCUT2D eigenvalue weighted by molar-refractivity contribution is 8.00. The second-order valence-electron chi connectivity index (χ2n) is 1.83. The fourth-order valence-corrected chi connectivity index (χ4v) is 2.33. The zero-order chi connectivity index (χ0) is 7.33. The van der Waals surface area contributed by atoms with Gasteiger partial charge in [-0.1, -0.05) is 6.92 Å². The molecule has 0 rings (SSSR count). The molecular formula is C5H12O2S2. The molecule has 0 fully saturated rings. The first-order valence-corrected chi connectivity index (χ1v) is 6.03. The summed E-state index contributed by atoms with van der Waals surface area (Å²) in [7, 11) is -2.72. The van der Waals surface area contributed by atoms with Crippen molar-refractivity contribution in [2.24, 2.45) is 0 Å². The minimum absolute atomic E-state index is 0.311. The SMILES string of the molecule is CCSCCS(C)(=O)=O. The fraction of sp³-hybridized carbons (Fsp3) is 1.00. The molecule has 0 amide bonds. The standard InChI is InChI=1S/C5H12O2S2/c1-3-8-4-5-9(2,6)7/h3-5H2,1-2H3. The Kier molecular flexibility index (Phi) is 4.31. The first-order valence-electron chi connectivity index (χ1n) is 2.81. The third-order valence-electron chi connectivity index (χ3n) is 0.803. The van der Waals surface area contributed by atoms with Gasteiger partial charge in [0.25, 0.3) is 0 Å². The maximum atomic E-state index is 10.5. The van der Waals surface area contributed by atoms with E-state index in [4.69, 9.17) is 0 Å². The molecule has 2 nitrogen and oxygen atoms in total. The maximum Gasteiger partial charge on any atom is 0.148 e. The van der Waals surface area contributed by atoms with E-state index in [0.29, 0.717) is 5.75 Å². The van der Waals surface area contributed by atoms with Gasteiger partial charge in [-0.15, -0.1) is 0 Å². The first kappa shape index (κ1) is 9.30. The Morgan fingerprint density at radius 1 is 1.44 bits per heavy atom. The van der Waals surface area contributed by atoms with Gasteiger partial charge in [-0.05, 0) is 5.75 Å². The molecular weight excluding hydrogens is 156 g/mol. The van der Waals surface area contributed by atoms with Crippen molar-refractivity contribution in [3.05, 3.63) is 0 Å². The largest absolute Gasteiger partial charge is 0.229 e. The number of hydrogen-bond acceptors (Lipinski definition) is 3. The lowest BCUT2D eigenvalue weighted by atomic mass is 10.9. The Balaban J connectivity index is 3.30. The fourth-order valence-electron chi connectivity index (χ4n) is 0.355. The Hall–Kier alpha value is 0.300. The summed E-state index contributed by atoms with van der Waals surface area (Å²) in [6, 6.07) is 0. The highest BCUT2D eigenvalue weighted by Crippen LogP contribution is 1.98. The van der Waals surface area contributed by atoms with Gasteiger partial charge in [0.05, 0.1) is 5.75 Å². The predicted octanol–water partition coefficient (Wildman–Crippen LogP) is 0.784. The predicted molar refractivity (Wildman–Crippen MR) is 42.7 cm³/mol. The topological polar surface area (TPSA) is 34.1 Å². The van der Waals surface area contributed by atoms with Crippen molar-refractivity contribution in [1.82, 2.24) is 0 Å².